The lowest BCUT2D eigenvalue weighted by molar-refractivity contribution is -0.120. The molecule has 168 valence electrons. The molecule has 0 spiro atoms. The summed E-state index contributed by atoms with van der Waals surface area (Å²) in [6.07, 6.45) is 0.628. The molecule has 0 radical (unpaired) electrons. The van der Waals surface area contributed by atoms with Crippen LogP contribution >= 0.6 is 0 Å². The summed E-state index contributed by atoms with van der Waals surface area (Å²) in [6, 6.07) is 9.64. The number of aromatic amines is 1. The second-order valence-corrected chi connectivity index (χ2v) is 9.51. The monoisotopic (exact) mass is 461 g/mol. The molecule has 3 aromatic rings. The number of carbonyl (C=O) groups excluding carboxylic acids is 1. The van der Waals surface area contributed by atoms with Crippen molar-refractivity contribution in [2.24, 2.45) is 5.92 Å². The van der Waals surface area contributed by atoms with Crippen molar-refractivity contribution in [1.82, 2.24) is 19.5 Å². The van der Waals surface area contributed by atoms with E-state index in [-0.39, 0.29) is 29.8 Å². The van der Waals surface area contributed by atoms with E-state index >= 15 is 0 Å². The first-order chi connectivity index (χ1) is 15.2. The van der Waals surface area contributed by atoms with Crippen LogP contribution in [0.3, 0.4) is 0 Å². The van der Waals surface area contributed by atoms with Gasteiger partial charge in [0.15, 0.2) is 17.5 Å². The zero-order valence-corrected chi connectivity index (χ0v) is 18.0. The highest BCUT2D eigenvalue weighted by Gasteiger charge is 2.32. The lowest BCUT2D eigenvalue weighted by atomic mass is 9.97. The average molecular weight is 461 g/mol. The fraction of sp³-hybridized carbons (Fsp3) is 0.286. The largest absolute Gasteiger partial charge is 0.326 e. The van der Waals surface area contributed by atoms with Gasteiger partial charge in [0.25, 0.3) is 0 Å². The summed E-state index contributed by atoms with van der Waals surface area (Å²) < 4.78 is 53.2. The quantitative estimate of drug-likeness (QED) is 0.607. The Kier molecular flexibility index (Phi) is 6.02. The number of hydrogen-bond acceptors (Lipinski definition) is 5. The molecule has 1 aliphatic heterocycles. The Balaban J connectivity index is 1.39. The number of rotatable bonds is 5. The van der Waals surface area contributed by atoms with E-state index in [2.05, 4.69) is 20.5 Å². The van der Waals surface area contributed by atoms with Gasteiger partial charge in [-0.15, -0.1) is 0 Å². The topological polar surface area (TPSA) is 108 Å². The molecule has 8 nitrogen and oxygen atoms in total. The number of piperidine rings is 1. The van der Waals surface area contributed by atoms with Gasteiger partial charge in [0.05, 0.1) is 4.90 Å². The van der Waals surface area contributed by atoms with Crippen molar-refractivity contribution in [1.29, 1.82) is 0 Å². The van der Waals surface area contributed by atoms with Crippen molar-refractivity contribution in [2.45, 2.75) is 24.7 Å². The third kappa shape index (κ3) is 4.53. The van der Waals surface area contributed by atoms with Crippen molar-refractivity contribution in [3.63, 3.8) is 0 Å². The maximum absolute atomic E-state index is 13.5. The first-order valence-corrected chi connectivity index (χ1v) is 11.4. The van der Waals surface area contributed by atoms with E-state index in [1.807, 2.05) is 6.07 Å². The zero-order chi connectivity index (χ0) is 22.9. The first-order valence-electron chi connectivity index (χ1n) is 9.99. The molecule has 1 amide bonds. The van der Waals surface area contributed by atoms with Gasteiger partial charge in [-0.25, -0.2) is 22.2 Å². The summed E-state index contributed by atoms with van der Waals surface area (Å²) in [7, 11) is -3.97. The minimum atomic E-state index is -3.97. The lowest BCUT2D eigenvalue weighted by Gasteiger charge is -2.30. The molecule has 0 saturated carbocycles. The fourth-order valence-corrected chi connectivity index (χ4v) is 5.08. The number of hydrogen-bond donors (Lipinski definition) is 2. The summed E-state index contributed by atoms with van der Waals surface area (Å²) in [6.45, 7) is 2.01. The van der Waals surface area contributed by atoms with Crippen LogP contribution in [0, 0.1) is 24.5 Å². The number of aromatic nitrogens is 3. The molecule has 0 aliphatic carbocycles. The van der Waals surface area contributed by atoms with Gasteiger partial charge in [-0.1, -0.05) is 12.1 Å². The van der Waals surface area contributed by atoms with Crippen molar-refractivity contribution >= 4 is 21.6 Å². The molecule has 1 aliphatic rings. The summed E-state index contributed by atoms with van der Waals surface area (Å²) in [5.41, 5.74) is 1.34. The van der Waals surface area contributed by atoms with E-state index in [9.17, 15) is 22.0 Å². The third-order valence-corrected chi connectivity index (χ3v) is 7.23. The number of carbonyl (C=O) groups is 1. The van der Waals surface area contributed by atoms with Gasteiger partial charge in [0.1, 0.15) is 5.82 Å². The van der Waals surface area contributed by atoms with Gasteiger partial charge < -0.3 is 5.32 Å². The molecule has 11 heteroatoms. The minimum Gasteiger partial charge on any atom is -0.326 e. The zero-order valence-electron chi connectivity index (χ0n) is 17.2. The SMILES string of the molecule is Cc1nc(-c2cccc(NC(=O)C3CCN(S(=O)(=O)c4ccc(F)c(F)c4)CC3)c2)n[nH]1. The predicted molar refractivity (Wildman–Crippen MR) is 113 cm³/mol. The van der Waals surface area contributed by atoms with E-state index in [0.29, 0.717) is 36.2 Å². The summed E-state index contributed by atoms with van der Waals surface area (Å²) >= 11 is 0. The molecule has 1 fully saturated rings. The number of halogens is 2. The molecular formula is C21H21F2N5O3S. The number of anilines is 1. The molecule has 2 aromatic carbocycles. The van der Waals surface area contributed by atoms with E-state index < -0.39 is 21.7 Å². The van der Waals surface area contributed by atoms with Gasteiger partial charge >= 0.3 is 0 Å². The molecule has 1 saturated heterocycles. The number of sulfonamides is 1. The smallest absolute Gasteiger partial charge is 0.243 e. The maximum Gasteiger partial charge on any atom is 0.243 e. The van der Waals surface area contributed by atoms with Crippen LogP contribution in [0.25, 0.3) is 11.4 Å². The lowest BCUT2D eigenvalue weighted by Crippen LogP contribution is -2.41. The molecular weight excluding hydrogens is 440 g/mol. The van der Waals surface area contributed by atoms with E-state index in [4.69, 9.17) is 0 Å². The highest BCUT2D eigenvalue weighted by molar-refractivity contribution is 7.89. The minimum absolute atomic E-state index is 0.107. The molecule has 0 atom stereocenters. The number of aryl methyl sites for hydroxylation is 1. The van der Waals surface area contributed by atoms with Crippen LogP contribution in [0.15, 0.2) is 47.4 Å². The Morgan fingerprint density at radius 3 is 2.53 bits per heavy atom. The fourth-order valence-electron chi connectivity index (χ4n) is 3.60. The summed E-state index contributed by atoms with van der Waals surface area (Å²) in [4.78, 5) is 16.7. The van der Waals surface area contributed by atoms with Crippen LogP contribution in [0.2, 0.25) is 0 Å². The maximum atomic E-state index is 13.5. The number of amides is 1. The van der Waals surface area contributed by atoms with Gasteiger partial charge in [-0.2, -0.15) is 9.40 Å². The average Bonchev–Trinajstić information content (AvgIpc) is 3.22. The highest BCUT2D eigenvalue weighted by Crippen LogP contribution is 2.26. The van der Waals surface area contributed by atoms with Crippen molar-refractivity contribution in [3.8, 4) is 11.4 Å². The summed E-state index contributed by atoms with van der Waals surface area (Å²) in [5, 5.41) is 9.74. The normalized spacial score (nSPS) is 15.6. The highest BCUT2D eigenvalue weighted by atomic mass is 32.2. The van der Waals surface area contributed by atoms with Gasteiger partial charge in [-0.3, -0.25) is 9.89 Å². The van der Waals surface area contributed by atoms with Crippen LogP contribution in [0.1, 0.15) is 18.7 Å². The Labute approximate surface area is 183 Å². The molecule has 1 aromatic heterocycles. The van der Waals surface area contributed by atoms with Crippen LogP contribution in [-0.4, -0.2) is 46.9 Å². The van der Waals surface area contributed by atoms with Gasteiger partial charge in [0, 0.05) is 30.3 Å². The van der Waals surface area contributed by atoms with Crippen molar-refractivity contribution < 1.29 is 22.0 Å². The van der Waals surface area contributed by atoms with Crippen molar-refractivity contribution in [3.05, 3.63) is 59.9 Å². The summed E-state index contributed by atoms with van der Waals surface area (Å²) in [5.74, 6) is -1.71. The molecule has 0 bridgehead atoms. The second kappa shape index (κ2) is 8.75. The number of H-pyrrole nitrogens is 1. The van der Waals surface area contributed by atoms with Crippen molar-refractivity contribution in [2.75, 3.05) is 18.4 Å². The Bertz CT molecular complexity index is 1250. The Hall–Kier alpha value is -3.18. The van der Waals surface area contributed by atoms with Gasteiger partial charge in [0.2, 0.25) is 15.9 Å². The standard InChI is InChI=1S/C21H21F2N5O3S/c1-13-24-20(27-26-13)15-3-2-4-16(11-15)25-21(29)14-7-9-28(10-8-14)32(30,31)17-5-6-18(22)19(23)12-17/h2-6,11-12,14H,7-10H2,1H3,(H,25,29)(H,24,26,27). The first kappa shape index (κ1) is 22.0. The third-order valence-electron chi connectivity index (χ3n) is 5.34. The van der Waals surface area contributed by atoms with Crippen LogP contribution in [0.5, 0.6) is 0 Å². The van der Waals surface area contributed by atoms with E-state index in [0.717, 1.165) is 17.7 Å². The number of nitrogens with zero attached hydrogens (tertiary/aromatic N) is 3. The van der Waals surface area contributed by atoms with E-state index in [1.54, 1.807) is 25.1 Å². The van der Waals surface area contributed by atoms with Crippen LogP contribution < -0.4 is 5.32 Å². The molecule has 4 rings (SSSR count). The Morgan fingerprint density at radius 2 is 1.88 bits per heavy atom. The number of benzene rings is 2. The molecule has 32 heavy (non-hydrogen) atoms. The second-order valence-electron chi connectivity index (χ2n) is 7.57. The molecule has 2 N–H and O–H groups in total. The van der Waals surface area contributed by atoms with Crippen LogP contribution in [0.4, 0.5) is 14.5 Å². The van der Waals surface area contributed by atoms with Gasteiger partial charge in [-0.05, 0) is 50.1 Å². The Morgan fingerprint density at radius 1 is 1.12 bits per heavy atom. The van der Waals surface area contributed by atoms with E-state index in [1.165, 1.54) is 4.31 Å². The number of nitrogens with one attached hydrogen (secondary N) is 2. The predicted octanol–water partition coefficient (Wildman–Crippen LogP) is 3.10. The molecule has 2 heterocycles. The molecule has 0 unspecified atom stereocenters. The van der Waals surface area contributed by atoms with Crippen LogP contribution in [-0.2, 0) is 14.8 Å².